The summed E-state index contributed by atoms with van der Waals surface area (Å²) in [5.41, 5.74) is 5.89. The molecule has 0 saturated heterocycles. The second-order valence-electron chi connectivity index (χ2n) is 5.37. The summed E-state index contributed by atoms with van der Waals surface area (Å²) in [6.07, 6.45) is 0. The molecule has 2 aromatic rings. The van der Waals surface area contributed by atoms with Crippen molar-refractivity contribution in [3.05, 3.63) is 39.7 Å². The molecule has 25 heavy (non-hydrogen) atoms. The van der Waals surface area contributed by atoms with Gasteiger partial charge in [0.05, 0.1) is 0 Å². The van der Waals surface area contributed by atoms with Gasteiger partial charge in [-0.3, -0.25) is 13.9 Å². The SMILES string of the molecule is CCn1c(O)c(C)c(C)c(N=Nc2cc(N)ccc2S(=O)(=O)O)c1=O. The van der Waals surface area contributed by atoms with Crippen molar-refractivity contribution < 1.29 is 18.1 Å². The van der Waals surface area contributed by atoms with Crippen molar-refractivity contribution in [2.24, 2.45) is 10.2 Å². The first kappa shape index (κ1) is 18.6. The first-order chi connectivity index (χ1) is 11.6. The molecule has 1 heterocycles. The molecular weight excluding hydrogens is 348 g/mol. The second-order valence-corrected chi connectivity index (χ2v) is 6.76. The van der Waals surface area contributed by atoms with E-state index >= 15 is 0 Å². The van der Waals surface area contributed by atoms with Crippen LogP contribution in [0.2, 0.25) is 0 Å². The quantitative estimate of drug-likeness (QED) is 0.430. The van der Waals surface area contributed by atoms with Crippen LogP contribution < -0.4 is 11.3 Å². The molecule has 10 heteroatoms. The number of hydrogen-bond acceptors (Lipinski definition) is 7. The highest BCUT2D eigenvalue weighted by Gasteiger charge is 2.18. The lowest BCUT2D eigenvalue weighted by atomic mass is 10.1. The summed E-state index contributed by atoms with van der Waals surface area (Å²) in [5, 5.41) is 17.7. The van der Waals surface area contributed by atoms with Crippen molar-refractivity contribution in [1.29, 1.82) is 0 Å². The summed E-state index contributed by atoms with van der Waals surface area (Å²) < 4.78 is 33.2. The van der Waals surface area contributed by atoms with E-state index in [1.54, 1.807) is 20.8 Å². The second kappa shape index (κ2) is 6.65. The molecule has 0 spiro atoms. The molecule has 0 aliphatic heterocycles. The summed E-state index contributed by atoms with van der Waals surface area (Å²) in [7, 11) is -4.54. The Kier molecular flexibility index (Phi) is 4.95. The van der Waals surface area contributed by atoms with E-state index < -0.39 is 20.6 Å². The number of anilines is 1. The van der Waals surface area contributed by atoms with Crippen LogP contribution >= 0.6 is 0 Å². The molecule has 0 fully saturated rings. The van der Waals surface area contributed by atoms with E-state index in [2.05, 4.69) is 10.2 Å². The lowest BCUT2D eigenvalue weighted by Crippen LogP contribution is -2.20. The molecule has 0 unspecified atom stereocenters. The van der Waals surface area contributed by atoms with Crippen LogP contribution in [0, 0.1) is 13.8 Å². The van der Waals surface area contributed by atoms with Gasteiger partial charge in [-0.15, -0.1) is 10.2 Å². The molecule has 1 aromatic carbocycles. The van der Waals surface area contributed by atoms with Crippen molar-refractivity contribution >= 4 is 27.2 Å². The summed E-state index contributed by atoms with van der Waals surface area (Å²) in [4.78, 5) is 11.9. The topological polar surface area (TPSA) is 147 Å². The van der Waals surface area contributed by atoms with Gasteiger partial charge >= 0.3 is 0 Å². The first-order valence-corrected chi connectivity index (χ1v) is 8.73. The Morgan fingerprint density at radius 1 is 1.20 bits per heavy atom. The Morgan fingerprint density at radius 3 is 2.40 bits per heavy atom. The number of nitrogens with two attached hydrogens (primary N) is 1. The summed E-state index contributed by atoms with van der Waals surface area (Å²) in [5.74, 6) is -0.161. The van der Waals surface area contributed by atoms with E-state index in [0.717, 1.165) is 10.6 Å². The van der Waals surface area contributed by atoms with Gasteiger partial charge in [-0.25, -0.2) is 0 Å². The van der Waals surface area contributed by atoms with Gasteiger partial charge in [0, 0.05) is 17.8 Å². The average Bonchev–Trinajstić information content (AvgIpc) is 2.52. The number of nitrogen functional groups attached to an aromatic ring is 1. The van der Waals surface area contributed by atoms with Crippen molar-refractivity contribution in [2.45, 2.75) is 32.2 Å². The minimum absolute atomic E-state index is 0.0409. The number of rotatable bonds is 4. The van der Waals surface area contributed by atoms with Gasteiger partial charge < -0.3 is 10.8 Å². The van der Waals surface area contributed by atoms with E-state index in [9.17, 15) is 22.9 Å². The largest absolute Gasteiger partial charge is 0.494 e. The lowest BCUT2D eigenvalue weighted by molar-refractivity contribution is 0.406. The predicted octanol–water partition coefficient (Wildman–Crippen LogP) is 2.43. The average molecular weight is 366 g/mol. The molecule has 134 valence electrons. The van der Waals surface area contributed by atoms with Crippen molar-refractivity contribution in [2.75, 3.05) is 5.73 Å². The van der Waals surface area contributed by atoms with E-state index in [4.69, 9.17) is 5.73 Å². The molecule has 0 radical (unpaired) electrons. The normalized spacial score (nSPS) is 12.0. The van der Waals surface area contributed by atoms with Gasteiger partial charge in [-0.1, -0.05) is 0 Å². The smallest absolute Gasteiger partial charge is 0.296 e. The van der Waals surface area contributed by atoms with Crippen LogP contribution in [0.4, 0.5) is 17.1 Å². The van der Waals surface area contributed by atoms with Crippen LogP contribution in [0.15, 0.2) is 38.1 Å². The molecule has 9 nitrogen and oxygen atoms in total. The maximum Gasteiger partial charge on any atom is 0.296 e. The summed E-state index contributed by atoms with van der Waals surface area (Å²) >= 11 is 0. The molecular formula is C15H18N4O5S. The summed E-state index contributed by atoms with van der Waals surface area (Å²) in [6, 6.07) is 3.61. The molecule has 0 aliphatic rings. The van der Waals surface area contributed by atoms with Gasteiger partial charge in [0.15, 0.2) is 11.6 Å². The number of hydrogen-bond donors (Lipinski definition) is 3. The van der Waals surface area contributed by atoms with Crippen molar-refractivity contribution in [1.82, 2.24) is 4.57 Å². The first-order valence-electron chi connectivity index (χ1n) is 7.29. The Hall–Kier alpha value is -2.72. The zero-order chi connectivity index (χ0) is 18.9. The summed E-state index contributed by atoms with van der Waals surface area (Å²) in [6.45, 7) is 5.13. The Labute approximate surface area is 144 Å². The molecule has 2 rings (SSSR count). The van der Waals surface area contributed by atoms with Gasteiger partial charge in [0.1, 0.15) is 10.6 Å². The third-order valence-corrected chi connectivity index (χ3v) is 4.69. The van der Waals surface area contributed by atoms with Crippen LogP contribution in [0.3, 0.4) is 0 Å². The molecule has 0 amide bonds. The van der Waals surface area contributed by atoms with Crippen LogP contribution in [-0.4, -0.2) is 22.6 Å². The fraction of sp³-hybridized carbons (Fsp3) is 0.267. The zero-order valence-electron chi connectivity index (χ0n) is 13.9. The third-order valence-electron chi connectivity index (χ3n) is 3.79. The van der Waals surface area contributed by atoms with E-state index in [-0.39, 0.29) is 29.5 Å². The number of pyridine rings is 1. The van der Waals surface area contributed by atoms with E-state index in [1.807, 2.05) is 0 Å². The number of benzene rings is 1. The highest BCUT2D eigenvalue weighted by molar-refractivity contribution is 7.86. The number of aromatic nitrogens is 1. The highest BCUT2D eigenvalue weighted by atomic mass is 32.2. The van der Waals surface area contributed by atoms with Gasteiger partial charge in [-0.05, 0) is 44.5 Å². The third kappa shape index (κ3) is 3.54. The molecule has 1 aromatic heterocycles. The fourth-order valence-corrected chi connectivity index (χ4v) is 2.88. The van der Waals surface area contributed by atoms with E-state index in [0.29, 0.717) is 11.1 Å². The Morgan fingerprint density at radius 2 is 1.84 bits per heavy atom. The Bertz CT molecular complexity index is 1030. The lowest BCUT2D eigenvalue weighted by Gasteiger charge is -2.12. The van der Waals surface area contributed by atoms with Crippen LogP contribution in [-0.2, 0) is 16.7 Å². The molecule has 0 saturated carbocycles. The van der Waals surface area contributed by atoms with Crippen LogP contribution in [0.25, 0.3) is 0 Å². The monoisotopic (exact) mass is 366 g/mol. The zero-order valence-corrected chi connectivity index (χ0v) is 14.7. The highest BCUT2D eigenvalue weighted by Crippen LogP contribution is 2.30. The maximum atomic E-state index is 12.4. The molecule has 0 aliphatic carbocycles. The van der Waals surface area contributed by atoms with Crippen molar-refractivity contribution in [3.63, 3.8) is 0 Å². The molecule has 0 bridgehead atoms. The van der Waals surface area contributed by atoms with Gasteiger partial charge in [0.2, 0.25) is 0 Å². The predicted molar refractivity (Wildman–Crippen MR) is 92.4 cm³/mol. The van der Waals surface area contributed by atoms with E-state index in [1.165, 1.54) is 12.1 Å². The number of nitrogens with zero attached hydrogens (tertiary/aromatic N) is 3. The van der Waals surface area contributed by atoms with Gasteiger partial charge in [0.25, 0.3) is 15.7 Å². The molecule has 4 N–H and O–H groups in total. The number of azo groups is 1. The number of aromatic hydroxyl groups is 1. The molecule has 0 atom stereocenters. The minimum Gasteiger partial charge on any atom is -0.494 e. The Balaban J connectivity index is 2.68. The van der Waals surface area contributed by atoms with Crippen molar-refractivity contribution in [3.8, 4) is 5.88 Å². The van der Waals surface area contributed by atoms with Crippen LogP contribution in [0.1, 0.15) is 18.1 Å². The van der Waals surface area contributed by atoms with Crippen LogP contribution in [0.5, 0.6) is 5.88 Å². The maximum absolute atomic E-state index is 12.4. The van der Waals surface area contributed by atoms with Gasteiger partial charge in [-0.2, -0.15) is 8.42 Å². The fourth-order valence-electron chi connectivity index (χ4n) is 2.28. The standard InChI is InChI=1S/C15H18N4O5S/c1-4-19-14(20)9(3)8(2)13(15(19)21)18-17-11-7-10(16)5-6-12(11)25(22,23)24/h5-7,20H,4,16H2,1-3H3,(H,22,23,24). The minimum atomic E-state index is -4.54.